The predicted molar refractivity (Wildman–Crippen MR) is 103 cm³/mol. The van der Waals surface area contributed by atoms with Crippen molar-refractivity contribution in [2.75, 3.05) is 18.9 Å². The van der Waals surface area contributed by atoms with E-state index in [4.69, 9.17) is 4.74 Å². The van der Waals surface area contributed by atoms with Crippen molar-refractivity contribution in [1.29, 1.82) is 0 Å². The van der Waals surface area contributed by atoms with Crippen molar-refractivity contribution in [3.63, 3.8) is 0 Å². The Morgan fingerprint density at radius 1 is 1.29 bits per heavy atom. The molecule has 0 unspecified atom stereocenters. The Morgan fingerprint density at radius 2 is 2.04 bits per heavy atom. The lowest BCUT2D eigenvalue weighted by Crippen LogP contribution is -2.49. The summed E-state index contributed by atoms with van der Waals surface area (Å²) in [6.07, 6.45) is 0. The molecule has 1 aliphatic heterocycles. The van der Waals surface area contributed by atoms with Gasteiger partial charge in [-0.3, -0.25) is 4.90 Å². The SMILES string of the molecule is CCOC(=O)C1=C(CSc2nnnn2C)N(CC)C(=O)N[C@H]1c1ccccc1. The second kappa shape index (κ2) is 8.87. The molecular formula is C18H22N6O3S. The van der Waals surface area contributed by atoms with E-state index < -0.39 is 12.0 Å². The molecule has 0 saturated carbocycles. The molecule has 1 aromatic carbocycles. The molecule has 1 aliphatic rings. The molecule has 0 saturated heterocycles. The highest BCUT2D eigenvalue weighted by atomic mass is 32.2. The van der Waals surface area contributed by atoms with E-state index >= 15 is 0 Å². The summed E-state index contributed by atoms with van der Waals surface area (Å²) in [6, 6.07) is 8.55. The third-order valence-corrected chi connectivity index (χ3v) is 5.32. The molecule has 2 heterocycles. The van der Waals surface area contributed by atoms with Crippen LogP contribution in [0.3, 0.4) is 0 Å². The van der Waals surface area contributed by atoms with Crippen molar-refractivity contribution in [1.82, 2.24) is 30.4 Å². The van der Waals surface area contributed by atoms with Crippen molar-refractivity contribution < 1.29 is 14.3 Å². The van der Waals surface area contributed by atoms with Crippen LogP contribution in [0.25, 0.3) is 0 Å². The van der Waals surface area contributed by atoms with E-state index in [1.807, 2.05) is 37.3 Å². The minimum Gasteiger partial charge on any atom is -0.463 e. The van der Waals surface area contributed by atoms with Crippen LogP contribution in [0.2, 0.25) is 0 Å². The standard InChI is InChI=1S/C18H22N6O3S/c1-4-24-13(11-28-18-20-21-22-23(18)3)14(16(25)27-5-2)15(19-17(24)26)12-9-7-6-8-10-12/h6-10,15H,4-5,11H2,1-3H3,(H,19,26)/t15-/m0/s1. The van der Waals surface area contributed by atoms with Crippen molar-refractivity contribution in [2.24, 2.45) is 7.05 Å². The number of aromatic nitrogens is 4. The Bertz CT molecular complexity index is 882. The molecule has 10 heteroatoms. The fourth-order valence-corrected chi connectivity index (χ4v) is 3.91. The summed E-state index contributed by atoms with van der Waals surface area (Å²) in [7, 11) is 1.74. The first-order chi connectivity index (χ1) is 13.6. The van der Waals surface area contributed by atoms with Crippen LogP contribution in [0.15, 0.2) is 46.8 Å². The third kappa shape index (κ3) is 4.01. The number of ether oxygens (including phenoxy) is 1. The first kappa shape index (κ1) is 19.9. The zero-order valence-electron chi connectivity index (χ0n) is 16.0. The zero-order chi connectivity index (χ0) is 20.1. The maximum atomic E-state index is 12.9. The van der Waals surface area contributed by atoms with Gasteiger partial charge >= 0.3 is 12.0 Å². The molecule has 2 amide bonds. The monoisotopic (exact) mass is 402 g/mol. The number of rotatable bonds is 7. The van der Waals surface area contributed by atoms with Gasteiger partial charge in [-0.2, -0.15) is 0 Å². The van der Waals surface area contributed by atoms with Crippen molar-refractivity contribution >= 4 is 23.8 Å². The lowest BCUT2D eigenvalue weighted by Gasteiger charge is -2.36. The van der Waals surface area contributed by atoms with Gasteiger partial charge in [0.05, 0.1) is 18.2 Å². The summed E-state index contributed by atoms with van der Waals surface area (Å²) in [6.45, 7) is 4.29. The number of thioether (sulfide) groups is 1. The number of nitrogens with one attached hydrogen (secondary N) is 1. The number of benzene rings is 1. The van der Waals surface area contributed by atoms with E-state index in [2.05, 4.69) is 20.8 Å². The number of nitrogens with zero attached hydrogens (tertiary/aromatic N) is 5. The number of carbonyl (C=O) groups is 2. The predicted octanol–water partition coefficient (Wildman–Crippen LogP) is 1.91. The number of hydrogen-bond acceptors (Lipinski definition) is 7. The maximum Gasteiger partial charge on any atom is 0.338 e. The van der Waals surface area contributed by atoms with Crippen LogP contribution < -0.4 is 5.32 Å². The van der Waals surface area contributed by atoms with Gasteiger partial charge in [-0.1, -0.05) is 42.1 Å². The Labute approximate surface area is 167 Å². The number of amides is 2. The van der Waals surface area contributed by atoms with Crippen LogP contribution in [0, 0.1) is 0 Å². The highest BCUT2D eigenvalue weighted by molar-refractivity contribution is 7.99. The lowest BCUT2D eigenvalue weighted by molar-refractivity contribution is -0.139. The molecule has 9 nitrogen and oxygen atoms in total. The summed E-state index contributed by atoms with van der Waals surface area (Å²) in [5, 5.41) is 14.9. The summed E-state index contributed by atoms with van der Waals surface area (Å²) in [5.74, 6) is -0.0889. The van der Waals surface area contributed by atoms with E-state index in [9.17, 15) is 9.59 Å². The van der Waals surface area contributed by atoms with Crippen LogP contribution in [0.1, 0.15) is 25.5 Å². The largest absolute Gasteiger partial charge is 0.463 e. The Kier molecular flexibility index (Phi) is 6.30. The van der Waals surface area contributed by atoms with Gasteiger partial charge in [-0.15, -0.1) is 5.10 Å². The molecule has 0 bridgehead atoms. The molecule has 148 valence electrons. The minimum absolute atomic E-state index is 0.248. The van der Waals surface area contributed by atoms with Crippen LogP contribution >= 0.6 is 11.8 Å². The highest BCUT2D eigenvalue weighted by Crippen LogP contribution is 2.33. The Hall–Kier alpha value is -2.88. The zero-order valence-corrected chi connectivity index (χ0v) is 16.8. The maximum absolute atomic E-state index is 12.9. The highest BCUT2D eigenvalue weighted by Gasteiger charge is 2.37. The molecule has 1 aromatic heterocycles. The first-order valence-corrected chi connectivity index (χ1v) is 9.93. The third-order valence-electron chi connectivity index (χ3n) is 4.30. The van der Waals surface area contributed by atoms with E-state index in [1.165, 1.54) is 11.8 Å². The molecule has 3 rings (SSSR count). The smallest absolute Gasteiger partial charge is 0.338 e. The number of tetrazole rings is 1. The van der Waals surface area contributed by atoms with Crippen molar-refractivity contribution in [3.8, 4) is 0 Å². The van der Waals surface area contributed by atoms with Crippen molar-refractivity contribution in [2.45, 2.75) is 25.0 Å². The Balaban J connectivity index is 2.06. The summed E-state index contributed by atoms with van der Waals surface area (Å²) >= 11 is 1.36. The molecule has 28 heavy (non-hydrogen) atoms. The second-order valence-corrected chi connectivity index (χ2v) is 6.93. The van der Waals surface area contributed by atoms with Gasteiger partial charge in [0.25, 0.3) is 0 Å². The molecule has 0 radical (unpaired) electrons. The van der Waals surface area contributed by atoms with Gasteiger partial charge in [0.15, 0.2) is 0 Å². The first-order valence-electron chi connectivity index (χ1n) is 8.95. The minimum atomic E-state index is -0.580. The van der Waals surface area contributed by atoms with Gasteiger partial charge in [0.1, 0.15) is 0 Å². The van der Waals surface area contributed by atoms with Gasteiger partial charge < -0.3 is 10.1 Å². The average Bonchev–Trinajstić information content (AvgIpc) is 3.11. The van der Waals surface area contributed by atoms with Crippen LogP contribution in [-0.4, -0.2) is 56.0 Å². The lowest BCUT2D eigenvalue weighted by atomic mass is 9.95. The van der Waals surface area contributed by atoms with E-state index in [-0.39, 0.29) is 12.6 Å². The second-order valence-electron chi connectivity index (χ2n) is 5.99. The molecule has 0 aliphatic carbocycles. The average molecular weight is 402 g/mol. The van der Waals surface area contributed by atoms with Gasteiger partial charge in [0.2, 0.25) is 5.16 Å². The van der Waals surface area contributed by atoms with E-state index in [1.54, 1.807) is 23.6 Å². The van der Waals surface area contributed by atoms with Crippen molar-refractivity contribution in [3.05, 3.63) is 47.2 Å². The normalized spacial score (nSPS) is 16.9. The van der Waals surface area contributed by atoms with Crippen LogP contribution in [0.4, 0.5) is 4.79 Å². The van der Waals surface area contributed by atoms with E-state index in [0.717, 1.165) is 5.56 Å². The molecule has 1 atom stereocenters. The molecule has 2 aromatic rings. The topological polar surface area (TPSA) is 102 Å². The molecule has 0 fully saturated rings. The summed E-state index contributed by atoms with van der Waals surface area (Å²) < 4.78 is 6.87. The number of aryl methyl sites for hydroxylation is 1. The summed E-state index contributed by atoms with van der Waals surface area (Å²) in [4.78, 5) is 27.2. The molecule has 1 N–H and O–H groups in total. The quantitative estimate of drug-likeness (QED) is 0.557. The van der Waals surface area contributed by atoms with Crippen LogP contribution in [-0.2, 0) is 16.6 Å². The number of urea groups is 1. The van der Waals surface area contributed by atoms with Gasteiger partial charge in [-0.25, -0.2) is 14.3 Å². The molecular weight excluding hydrogens is 380 g/mol. The number of esters is 1. The van der Waals surface area contributed by atoms with Gasteiger partial charge in [-0.05, 0) is 29.8 Å². The summed E-state index contributed by atoms with van der Waals surface area (Å²) in [5.41, 5.74) is 1.85. The Morgan fingerprint density at radius 3 is 2.64 bits per heavy atom. The fraction of sp³-hybridized carbons (Fsp3) is 0.389. The molecule has 0 spiro atoms. The fourth-order valence-electron chi connectivity index (χ4n) is 3.01. The number of carbonyl (C=O) groups excluding carboxylic acids is 2. The van der Waals surface area contributed by atoms with Gasteiger partial charge in [0, 0.05) is 25.0 Å². The number of hydrogen-bond donors (Lipinski definition) is 1. The van der Waals surface area contributed by atoms with Crippen LogP contribution in [0.5, 0.6) is 0 Å². The van der Waals surface area contributed by atoms with E-state index in [0.29, 0.717) is 28.7 Å².